The zero-order chi connectivity index (χ0) is 26.5. The van der Waals surface area contributed by atoms with E-state index >= 15 is 0 Å². The second-order valence-corrected chi connectivity index (χ2v) is 7.78. The Hall–Kier alpha value is -4.15. The number of amides is 1. The maximum Gasteiger partial charge on any atom is 0.317 e. The smallest absolute Gasteiger partial charge is 0.317 e. The minimum atomic E-state index is -0.998. The minimum Gasteiger partial charge on any atom is -0.497 e. The van der Waals surface area contributed by atoms with Crippen LogP contribution in [0.2, 0.25) is 0 Å². The number of aliphatic hydroxyl groups is 1. The van der Waals surface area contributed by atoms with Gasteiger partial charge in [0.15, 0.2) is 0 Å². The van der Waals surface area contributed by atoms with Crippen LogP contribution in [0, 0.1) is 6.92 Å². The molecule has 1 amide bonds. The number of hydrogen-bond acceptors (Lipinski definition) is 8. The molecule has 0 radical (unpaired) electrons. The number of aliphatic hydroxyl groups excluding tert-OH is 1. The molecule has 0 saturated carbocycles. The molecule has 36 heavy (non-hydrogen) atoms. The molecular formula is C26H30N4O6. The molecule has 3 aromatic rings. The van der Waals surface area contributed by atoms with Crippen LogP contribution in [0.1, 0.15) is 43.1 Å². The number of benzene rings is 2. The molecule has 1 heterocycles. The Kier molecular flexibility index (Phi) is 11.2. The van der Waals surface area contributed by atoms with Crippen LogP contribution in [0.3, 0.4) is 0 Å². The van der Waals surface area contributed by atoms with Gasteiger partial charge in [0.25, 0.3) is 5.91 Å². The van der Waals surface area contributed by atoms with E-state index in [-0.39, 0.29) is 31.2 Å². The van der Waals surface area contributed by atoms with E-state index in [1.54, 1.807) is 24.1 Å². The van der Waals surface area contributed by atoms with E-state index < -0.39 is 5.97 Å². The van der Waals surface area contributed by atoms with E-state index in [9.17, 15) is 19.5 Å². The standard InChI is InChI=1S/C25H26N4O5.CH4O/c1-17-8-19(6-7-20(17)15-30)12-29(14-23(31)32)13-21-11-26-16-28-24(21)25(33)27-10-18-4-3-5-22(9-18)34-2;1-2/h3-9,11,15-16H,10,12-14H2,1-2H3,(H,27,33)(H,31,32);2H,1H3. The van der Waals surface area contributed by atoms with Crippen LogP contribution < -0.4 is 10.1 Å². The third-order valence-electron chi connectivity index (χ3n) is 5.21. The van der Waals surface area contributed by atoms with Gasteiger partial charge in [0.05, 0.1) is 13.7 Å². The van der Waals surface area contributed by atoms with Gasteiger partial charge in [-0.1, -0.05) is 30.3 Å². The lowest BCUT2D eigenvalue weighted by molar-refractivity contribution is -0.138. The Balaban J connectivity index is 0.00000222. The summed E-state index contributed by atoms with van der Waals surface area (Å²) in [6.45, 7) is 2.33. The highest BCUT2D eigenvalue weighted by molar-refractivity contribution is 5.93. The lowest BCUT2D eigenvalue weighted by Crippen LogP contribution is -2.31. The fourth-order valence-electron chi connectivity index (χ4n) is 3.55. The van der Waals surface area contributed by atoms with E-state index in [4.69, 9.17) is 9.84 Å². The Morgan fingerprint density at radius 2 is 1.89 bits per heavy atom. The molecule has 3 N–H and O–H groups in total. The Morgan fingerprint density at radius 1 is 1.11 bits per heavy atom. The topological polar surface area (TPSA) is 142 Å². The van der Waals surface area contributed by atoms with Crippen LogP contribution in [-0.2, 0) is 24.4 Å². The lowest BCUT2D eigenvalue weighted by atomic mass is 10.1. The molecule has 10 heteroatoms. The first-order valence-corrected chi connectivity index (χ1v) is 11.0. The molecule has 0 fully saturated rings. The third kappa shape index (κ3) is 8.26. The summed E-state index contributed by atoms with van der Waals surface area (Å²) in [4.78, 5) is 45.3. The van der Waals surface area contributed by atoms with Crippen molar-refractivity contribution in [3.63, 3.8) is 0 Å². The monoisotopic (exact) mass is 494 g/mol. The van der Waals surface area contributed by atoms with Crippen LogP contribution in [0.5, 0.6) is 5.75 Å². The number of nitrogens with zero attached hydrogens (tertiary/aromatic N) is 3. The lowest BCUT2D eigenvalue weighted by Gasteiger charge is -2.21. The summed E-state index contributed by atoms with van der Waals surface area (Å²) < 4.78 is 5.21. The number of methoxy groups -OCH3 is 1. The largest absolute Gasteiger partial charge is 0.497 e. The molecule has 0 unspecified atom stereocenters. The minimum absolute atomic E-state index is 0.156. The molecule has 10 nitrogen and oxygen atoms in total. The van der Waals surface area contributed by atoms with Crippen LogP contribution in [0.4, 0.5) is 0 Å². The quantitative estimate of drug-likeness (QED) is 0.342. The SMILES string of the molecule is CO.COc1cccc(CNC(=O)c2ncncc2CN(CC(=O)O)Cc2ccc(C=O)c(C)c2)c1. The summed E-state index contributed by atoms with van der Waals surface area (Å²) in [5, 5.41) is 19.2. The van der Waals surface area contributed by atoms with E-state index in [1.807, 2.05) is 37.3 Å². The summed E-state index contributed by atoms with van der Waals surface area (Å²) in [5.41, 5.74) is 3.80. The Bertz CT molecular complexity index is 1180. The molecule has 0 bridgehead atoms. The van der Waals surface area contributed by atoms with E-state index in [2.05, 4.69) is 15.3 Å². The van der Waals surface area contributed by atoms with Gasteiger partial charge in [-0.25, -0.2) is 9.97 Å². The first kappa shape index (κ1) is 28.1. The fraction of sp³-hybridized carbons (Fsp3) is 0.269. The average molecular weight is 495 g/mol. The maximum atomic E-state index is 12.9. The summed E-state index contributed by atoms with van der Waals surface area (Å²) in [7, 11) is 2.58. The first-order chi connectivity index (χ1) is 17.4. The summed E-state index contributed by atoms with van der Waals surface area (Å²) in [5.74, 6) is -0.695. The van der Waals surface area contributed by atoms with E-state index in [1.165, 1.54) is 12.5 Å². The molecule has 190 valence electrons. The highest BCUT2D eigenvalue weighted by Gasteiger charge is 2.18. The van der Waals surface area contributed by atoms with Crippen molar-refractivity contribution in [2.75, 3.05) is 20.8 Å². The summed E-state index contributed by atoms with van der Waals surface area (Å²) in [6, 6.07) is 12.7. The van der Waals surface area contributed by atoms with Crippen molar-refractivity contribution in [2.45, 2.75) is 26.6 Å². The van der Waals surface area contributed by atoms with Gasteiger partial charge in [-0.05, 0) is 35.7 Å². The van der Waals surface area contributed by atoms with Crippen LogP contribution >= 0.6 is 0 Å². The van der Waals surface area contributed by atoms with Gasteiger partial charge in [-0.15, -0.1) is 0 Å². The van der Waals surface area contributed by atoms with Gasteiger partial charge in [0.2, 0.25) is 0 Å². The number of aromatic nitrogens is 2. The van der Waals surface area contributed by atoms with Crippen molar-refractivity contribution >= 4 is 18.2 Å². The normalized spacial score (nSPS) is 10.2. The van der Waals surface area contributed by atoms with Crippen LogP contribution in [-0.4, -0.2) is 64.0 Å². The second kappa shape index (κ2) is 14.3. The van der Waals surface area contributed by atoms with Crippen molar-refractivity contribution < 1.29 is 29.3 Å². The van der Waals surface area contributed by atoms with E-state index in [0.717, 1.165) is 30.1 Å². The van der Waals surface area contributed by atoms with Gasteiger partial charge in [-0.3, -0.25) is 19.3 Å². The number of hydrogen-bond donors (Lipinski definition) is 3. The number of carboxylic acid groups (broad SMARTS) is 1. The number of nitrogens with one attached hydrogen (secondary N) is 1. The number of aldehydes is 1. The van der Waals surface area contributed by atoms with Gasteiger partial charge in [0.1, 0.15) is 24.1 Å². The van der Waals surface area contributed by atoms with Crippen molar-refractivity contribution in [2.24, 2.45) is 0 Å². The third-order valence-corrected chi connectivity index (χ3v) is 5.21. The zero-order valence-electron chi connectivity index (χ0n) is 20.5. The second-order valence-electron chi connectivity index (χ2n) is 7.78. The highest BCUT2D eigenvalue weighted by atomic mass is 16.5. The Labute approximate surface area is 209 Å². The average Bonchev–Trinajstić information content (AvgIpc) is 2.88. The summed E-state index contributed by atoms with van der Waals surface area (Å²) >= 11 is 0. The number of rotatable bonds is 11. The number of carbonyl (C=O) groups excluding carboxylic acids is 2. The van der Waals surface area contributed by atoms with Crippen LogP contribution in [0.15, 0.2) is 55.0 Å². The highest BCUT2D eigenvalue weighted by Crippen LogP contribution is 2.16. The molecule has 3 rings (SSSR count). The van der Waals surface area contributed by atoms with Crippen molar-refractivity contribution in [1.82, 2.24) is 20.2 Å². The molecule has 0 saturated heterocycles. The molecular weight excluding hydrogens is 464 g/mol. The van der Waals surface area contributed by atoms with Crippen molar-refractivity contribution in [3.05, 3.63) is 88.5 Å². The van der Waals surface area contributed by atoms with Crippen molar-refractivity contribution in [3.8, 4) is 5.75 Å². The van der Waals surface area contributed by atoms with Gasteiger partial charge in [-0.2, -0.15) is 0 Å². The van der Waals surface area contributed by atoms with Gasteiger partial charge >= 0.3 is 5.97 Å². The molecule has 0 aliphatic rings. The van der Waals surface area contributed by atoms with E-state index in [0.29, 0.717) is 23.4 Å². The number of carboxylic acids is 1. The van der Waals surface area contributed by atoms with Crippen molar-refractivity contribution in [1.29, 1.82) is 0 Å². The molecule has 1 aromatic heterocycles. The summed E-state index contributed by atoms with van der Waals surface area (Å²) in [6.07, 6.45) is 3.59. The zero-order valence-corrected chi connectivity index (χ0v) is 20.5. The molecule has 0 atom stereocenters. The molecule has 0 aliphatic carbocycles. The van der Waals surface area contributed by atoms with Gasteiger partial charge < -0.3 is 20.3 Å². The molecule has 0 spiro atoms. The molecule has 0 aliphatic heterocycles. The number of aryl methyl sites for hydroxylation is 1. The number of ether oxygens (including phenoxy) is 1. The predicted octanol–water partition coefficient (Wildman–Crippen LogP) is 2.23. The number of carbonyl (C=O) groups is 3. The van der Waals surface area contributed by atoms with Gasteiger partial charge in [0, 0.05) is 44.1 Å². The fourth-order valence-corrected chi connectivity index (χ4v) is 3.55. The number of aliphatic carboxylic acids is 1. The maximum absolute atomic E-state index is 12.9. The predicted molar refractivity (Wildman–Crippen MR) is 133 cm³/mol. The first-order valence-electron chi connectivity index (χ1n) is 11.0. The Morgan fingerprint density at radius 3 is 2.56 bits per heavy atom. The molecule has 2 aromatic carbocycles. The van der Waals surface area contributed by atoms with Crippen LogP contribution in [0.25, 0.3) is 0 Å².